The Balaban J connectivity index is 1.62. The van der Waals surface area contributed by atoms with Crippen LogP contribution in [0.1, 0.15) is 22.3 Å². The number of carboxylic acid groups (broad SMARTS) is 1. The minimum Gasteiger partial charge on any atom is -0.508 e. The Morgan fingerprint density at radius 2 is 1.61 bits per heavy atom. The molecule has 0 aliphatic carbocycles. The SMILES string of the molecule is Cc1ccc(S(=O)(=O)N(C)CC(=O)N[C@@H](Cc2ccc(C#Cc3cccc(O)c3)cc2)C(=O)O)cc1. The van der Waals surface area contributed by atoms with Gasteiger partial charge in [0.1, 0.15) is 11.8 Å². The number of phenolic OH excluding ortho intramolecular Hbond substituents is 1. The van der Waals surface area contributed by atoms with E-state index in [1.807, 2.05) is 6.92 Å². The topological polar surface area (TPSA) is 124 Å². The van der Waals surface area contributed by atoms with E-state index in [2.05, 4.69) is 17.2 Å². The largest absolute Gasteiger partial charge is 0.508 e. The van der Waals surface area contributed by atoms with Crippen LogP contribution < -0.4 is 5.32 Å². The highest BCUT2D eigenvalue weighted by molar-refractivity contribution is 7.89. The van der Waals surface area contributed by atoms with E-state index in [4.69, 9.17) is 0 Å². The fourth-order valence-corrected chi connectivity index (χ4v) is 4.43. The van der Waals surface area contributed by atoms with E-state index in [1.165, 1.54) is 19.2 Å². The molecule has 0 heterocycles. The van der Waals surface area contributed by atoms with Crippen LogP contribution in [0.3, 0.4) is 0 Å². The van der Waals surface area contributed by atoms with Crippen molar-refractivity contribution in [1.29, 1.82) is 0 Å². The van der Waals surface area contributed by atoms with Gasteiger partial charge in [-0.2, -0.15) is 4.31 Å². The predicted molar refractivity (Wildman–Crippen MR) is 135 cm³/mol. The van der Waals surface area contributed by atoms with Gasteiger partial charge in [-0.3, -0.25) is 4.79 Å². The number of aryl methyl sites for hydroxylation is 1. The molecule has 3 N–H and O–H groups in total. The fraction of sp³-hybridized carbons (Fsp3) is 0.185. The number of sulfonamides is 1. The van der Waals surface area contributed by atoms with Gasteiger partial charge in [-0.1, -0.05) is 47.7 Å². The standard InChI is InChI=1S/C27H26N2O6S/c1-19-6-14-24(15-7-19)36(34,35)29(2)18-26(31)28-25(27(32)33)17-22-12-9-20(10-13-22)8-11-21-4-3-5-23(30)16-21/h3-7,9-10,12-16,25,30H,17-18H2,1-2H3,(H,28,31)(H,32,33)/t25-/m0/s1. The van der Waals surface area contributed by atoms with Crippen LogP contribution in [-0.4, -0.2) is 54.4 Å². The Kier molecular flexibility index (Phi) is 8.48. The van der Waals surface area contributed by atoms with E-state index in [0.29, 0.717) is 16.7 Å². The summed E-state index contributed by atoms with van der Waals surface area (Å²) in [5.74, 6) is 4.06. The lowest BCUT2D eigenvalue weighted by molar-refractivity contribution is -0.141. The van der Waals surface area contributed by atoms with Gasteiger partial charge in [0, 0.05) is 24.6 Å². The summed E-state index contributed by atoms with van der Waals surface area (Å²) in [6, 6.07) is 18.4. The summed E-state index contributed by atoms with van der Waals surface area (Å²) in [6.07, 6.45) is 0.00969. The number of benzene rings is 3. The molecule has 0 radical (unpaired) electrons. The molecule has 36 heavy (non-hydrogen) atoms. The molecule has 0 aliphatic heterocycles. The summed E-state index contributed by atoms with van der Waals surface area (Å²) in [6.45, 7) is 1.31. The molecule has 3 aromatic carbocycles. The summed E-state index contributed by atoms with van der Waals surface area (Å²) < 4.78 is 26.3. The molecule has 1 amide bonds. The number of rotatable bonds is 8. The molecule has 0 fully saturated rings. The Bertz CT molecular complexity index is 1410. The van der Waals surface area contributed by atoms with Crippen LogP contribution >= 0.6 is 0 Å². The number of likely N-dealkylation sites (N-methyl/N-ethyl adjacent to an activating group) is 1. The highest BCUT2D eigenvalue weighted by Crippen LogP contribution is 2.15. The van der Waals surface area contributed by atoms with E-state index in [9.17, 15) is 28.2 Å². The third-order valence-corrected chi connectivity index (χ3v) is 7.14. The maximum atomic E-state index is 12.7. The zero-order valence-electron chi connectivity index (χ0n) is 19.8. The van der Waals surface area contributed by atoms with Gasteiger partial charge in [0.15, 0.2) is 0 Å². The lowest BCUT2D eigenvalue weighted by Gasteiger charge is -2.19. The van der Waals surface area contributed by atoms with Gasteiger partial charge in [-0.25, -0.2) is 13.2 Å². The highest BCUT2D eigenvalue weighted by atomic mass is 32.2. The van der Waals surface area contributed by atoms with Crippen molar-refractivity contribution in [1.82, 2.24) is 9.62 Å². The normalized spacial score (nSPS) is 11.9. The van der Waals surface area contributed by atoms with Gasteiger partial charge in [0.25, 0.3) is 0 Å². The molecular formula is C27H26N2O6S. The second-order valence-corrected chi connectivity index (χ2v) is 10.3. The lowest BCUT2D eigenvalue weighted by Crippen LogP contribution is -2.46. The molecule has 186 valence electrons. The minimum atomic E-state index is -3.90. The quantitative estimate of drug-likeness (QED) is 0.404. The number of nitrogens with one attached hydrogen (secondary N) is 1. The molecule has 3 aromatic rings. The van der Waals surface area contributed by atoms with E-state index >= 15 is 0 Å². The Morgan fingerprint density at radius 3 is 2.22 bits per heavy atom. The van der Waals surface area contributed by atoms with Gasteiger partial charge in [0.05, 0.1) is 11.4 Å². The smallest absolute Gasteiger partial charge is 0.326 e. The number of aliphatic carboxylic acids is 1. The van der Waals surface area contributed by atoms with Crippen LogP contribution in [0.25, 0.3) is 0 Å². The lowest BCUT2D eigenvalue weighted by atomic mass is 10.0. The Morgan fingerprint density at radius 1 is 0.972 bits per heavy atom. The van der Waals surface area contributed by atoms with E-state index in [-0.39, 0.29) is 17.1 Å². The fourth-order valence-electron chi connectivity index (χ4n) is 3.31. The molecule has 9 heteroatoms. The molecule has 8 nitrogen and oxygen atoms in total. The predicted octanol–water partition coefficient (Wildman–Crippen LogP) is 2.53. The number of carbonyl (C=O) groups is 2. The first-order chi connectivity index (χ1) is 17.0. The zero-order valence-corrected chi connectivity index (χ0v) is 20.6. The maximum absolute atomic E-state index is 12.7. The summed E-state index contributed by atoms with van der Waals surface area (Å²) in [5.41, 5.74) is 2.91. The van der Waals surface area contributed by atoms with Gasteiger partial charge in [-0.15, -0.1) is 0 Å². The van der Waals surface area contributed by atoms with Gasteiger partial charge >= 0.3 is 5.97 Å². The molecule has 1 atom stereocenters. The third kappa shape index (κ3) is 7.18. The number of aromatic hydroxyl groups is 1. The van der Waals surface area contributed by atoms with Crippen LogP contribution in [0, 0.1) is 18.8 Å². The first-order valence-electron chi connectivity index (χ1n) is 11.0. The second-order valence-electron chi connectivity index (χ2n) is 8.23. The van der Waals surface area contributed by atoms with Crippen molar-refractivity contribution in [2.45, 2.75) is 24.3 Å². The molecule has 0 unspecified atom stereocenters. The second kappa shape index (κ2) is 11.5. The summed E-state index contributed by atoms with van der Waals surface area (Å²) >= 11 is 0. The number of amides is 1. The first-order valence-corrected chi connectivity index (χ1v) is 12.4. The molecule has 0 spiro atoms. The molecular weight excluding hydrogens is 480 g/mol. The van der Waals surface area contributed by atoms with E-state index in [0.717, 1.165) is 9.87 Å². The van der Waals surface area contributed by atoms with Crippen LogP contribution in [0.15, 0.2) is 77.7 Å². The van der Waals surface area contributed by atoms with Gasteiger partial charge in [-0.05, 0) is 55.0 Å². The zero-order chi connectivity index (χ0) is 26.3. The van der Waals surface area contributed by atoms with Crippen LogP contribution in [0.2, 0.25) is 0 Å². The highest BCUT2D eigenvalue weighted by Gasteiger charge is 2.26. The minimum absolute atomic E-state index is 0.00969. The number of phenols is 1. The molecule has 0 saturated carbocycles. The van der Waals surface area contributed by atoms with Gasteiger partial charge < -0.3 is 15.5 Å². The van der Waals surface area contributed by atoms with Crippen molar-refractivity contribution in [2.75, 3.05) is 13.6 Å². The molecule has 0 aliphatic rings. The summed E-state index contributed by atoms with van der Waals surface area (Å²) in [5, 5.41) is 21.5. The van der Waals surface area contributed by atoms with Crippen molar-refractivity contribution in [3.63, 3.8) is 0 Å². The van der Waals surface area contributed by atoms with Gasteiger partial charge in [0.2, 0.25) is 15.9 Å². The van der Waals surface area contributed by atoms with Crippen molar-refractivity contribution in [3.05, 3.63) is 95.1 Å². The number of carboxylic acids is 1. The average molecular weight is 507 g/mol. The van der Waals surface area contributed by atoms with Crippen molar-refractivity contribution in [2.24, 2.45) is 0 Å². The third-order valence-electron chi connectivity index (χ3n) is 5.32. The molecule has 0 bridgehead atoms. The molecule has 0 aromatic heterocycles. The number of nitrogens with zero attached hydrogens (tertiary/aromatic N) is 1. The average Bonchev–Trinajstić information content (AvgIpc) is 2.83. The Hall–Kier alpha value is -4.13. The van der Waals surface area contributed by atoms with Crippen molar-refractivity contribution < 1.29 is 28.2 Å². The summed E-state index contributed by atoms with van der Waals surface area (Å²) in [7, 11) is -2.64. The summed E-state index contributed by atoms with van der Waals surface area (Å²) in [4.78, 5) is 24.3. The van der Waals surface area contributed by atoms with Crippen LogP contribution in [-0.2, 0) is 26.0 Å². The number of hydrogen-bond acceptors (Lipinski definition) is 5. The van der Waals surface area contributed by atoms with Crippen LogP contribution in [0.5, 0.6) is 5.75 Å². The van der Waals surface area contributed by atoms with E-state index < -0.39 is 34.5 Å². The number of hydrogen-bond donors (Lipinski definition) is 3. The first kappa shape index (κ1) is 26.5. The van der Waals surface area contributed by atoms with Crippen molar-refractivity contribution in [3.8, 4) is 17.6 Å². The number of carbonyl (C=O) groups excluding carboxylic acids is 1. The maximum Gasteiger partial charge on any atom is 0.326 e. The molecule has 3 rings (SSSR count). The van der Waals surface area contributed by atoms with E-state index in [1.54, 1.807) is 60.7 Å². The molecule has 0 saturated heterocycles. The van der Waals surface area contributed by atoms with Crippen LogP contribution in [0.4, 0.5) is 0 Å². The van der Waals surface area contributed by atoms with Crippen molar-refractivity contribution >= 4 is 21.9 Å². The Labute approximate surface area is 210 Å². The monoisotopic (exact) mass is 506 g/mol.